The van der Waals surface area contributed by atoms with Gasteiger partial charge in [-0.1, -0.05) is 0 Å². The summed E-state index contributed by atoms with van der Waals surface area (Å²) < 4.78 is 5.02. The minimum absolute atomic E-state index is 0.00519. The molecule has 0 fully saturated rings. The first kappa shape index (κ1) is 23.3. The topological polar surface area (TPSA) is 146 Å². The second-order valence-corrected chi connectivity index (χ2v) is 8.25. The van der Waals surface area contributed by atoms with E-state index in [0.717, 1.165) is 16.2 Å². The number of carbonyl (C=O) groups is 5. The third kappa shape index (κ3) is 4.78. The van der Waals surface area contributed by atoms with E-state index in [9.17, 15) is 24.0 Å². The highest BCUT2D eigenvalue weighted by atomic mass is 32.1. The summed E-state index contributed by atoms with van der Waals surface area (Å²) in [5, 5.41) is 16.1. The lowest BCUT2D eigenvalue weighted by Gasteiger charge is -2.14. The molecular weight excluding hydrogens is 472 g/mol. The van der Waals surface area contributed by atoms with E-state index < -0.39 is 30.3 Å². The normalized spacial score (nSPS) is 12.1. The van der Waals surface area contributed by atoms with Gasteiger partial charge < -0.3 is 15.4 Å². The van der Waals surface area contributed by atoms with Gasteiger partial charge in [0, 0.05) is 12.6 Å². The second-order valence-electron chi connectivity index (χ2n) is 7.33. The van der Waals surface area contributed by atoms with Gasteiger partial charge in [0.2, 0.25) is 5.91 Å². The molecule has 2 N–H and O–H groups in total. The number of nitrogens with zero attached hydrogens (tertiary/aromatic N) is 2. The number of carbonyl (C=O) groups excluding carboxylic acids is 5. The van der Waals surface area contributed by atoms with E-state index in [-0.39, 0.29) is 22.6 Å². The lowest BCUT2D eigenvalue weighted by Crippen LogP contribution is -2.29. The number of fused-ring (bicyclic) bond motifs is 1. The largest absolute Gasteiger partial charge is 0.452 e. The van der Waals surface area contributed by atoms with Crippen molar-refractivity contribution in [3.63, 3.8) is 0 Å². The summed E-state index contributed by atoms with van der Waals surface area (Å²) >= 11 is 1.16. The van der Waals surface area contributed by atoms with E-state index >= 15 is 0 Å². The average molecular weight is 488 g/mol. The summed E-state index contributed by atoms with van der Waals surface area (Å²) in [6.45, 7) is 0.764. The lowest BCUT2D eigenvalue weighted by molar-refractivity contribution is -0.119. The predicted molar refractivity (Wildman–Crippen MR) is 126 cm³/mol. The number of esters is 1. The van der Waals surface area contributed by atoms with Gasteiger partial charge in [0.05, 0.1) is 27.9 Å². The van der Waals surface area contributed by atoms with Gasteiger partial charge in [0.15, 0.2) is 6.61 Å². The van der Waals surface area contributed by atoms with Gasteiger partial charge >= 0.3 is 5.97 Å². The number of amides is 4. The molecule has 4 rings (SSSR count). The van der Waals surface area contributed by atoms with Crippen LogP contribution in [0.3, 0.4) is 0 Å². The van der Waals surface area contributed by atoms with Crippen LogP contribution in [0.5, 0.6) is 0 Å². The first-order valence-electron chi connectivity index (χ1n) is 10.1. The summed E-state index contributed by atoms with van der Waals surface area (Å²) in [6, 6.07) is 13.6. The van der Waals surface area contributed by atoms with Crippen LogP contribution in [0, 0.1) is 11.3 Å². The Kier molecular flexibility index (Phi) is 6.39. The fourth-order valence-corrected chi connectivity index (χ4v) is 4.12. The zero-order valence-corrected chi connectivity index (χ0v) is 19.0. The standard InChI is InChI=1S/C24H16N4O6S/c1-13(29)26-16-3-5-17(6-4-16)28-22(31)18-7-2-14(10-19(18)23(28)32)24(33)34-12-20(30)27-21-15(11-25)8-9-35-21/h2-10H,12H2,1H3,(H,26,29)(H,27,30). The molecule has 1 aromatic heterocycles. The Morgan fingerprint density at radius 1 is 1.00 bits per heavy atom. The average Bonchev–Trinajstić information content (AvgIpc) is 3.39. The zero-order chi connectivity index (χ0) is 25.1. The summed E-state index contributed by atoms with van der Waals surface area (Å²) in [6.07, 6.45) is 0. The molecule has 1 aliphatic heterocycles. The smallest absolute Gasteiger partial charge is 0.338 e. The maximum absolute atomic E-state index is 12.9. The molecule has 0 atom stereocenters. The zero-order valence-electron chi connectivity index (χ0n) is 18.2. The molecule has 0 aliphatic carbocycles. The summed E-state index contributed by atoms with van der Waals surface area (Å²) in [5.74, 6) is -2.91. The van der Waals surface area contributed by atoms with Crippen LogP contribution in [-0.4, -0.2) is 36.2 Å². The van der Waals surface area contributed by atoms with Crippen molar-refractivity contribution in [2.24, 2.45) is 0 Å². The Morgan fingerprint density at radius 2 is 1.71 bits per heavy atom. The Morgan fingerprint density at radius 3 is 2.40 bits per heavy atom. The molecule has 11 heteroatoms. The van der Waals surface area contributed by atoms with Crippen molar-refractivity contribution >= 4 is 57.3 Å². The second kappa shape index (κ2) is 9.58. The highest BCUT2D eigenvalue weighted by molar-refractivity contribution is 7.14. The Hall–Kier alpha value is -4.82. The van der Waals surface area contributed by atoms with Crippen LogP contribution in [-0.2, 0) is 14.3 Å². The fraction of sp³-hybridized carbons (Fsp3) is 0.0833. The van der Waals surface area contributed by atoms with Crippen LogP contribution >= 0.6 is 11.3 Å². The molecule has 35 heavy (non-hydrogen) atoms. The number of anilines is 3. The molecule has 2 heterocycles. The Bertz CT molecular complexity index is 1420. The molecule has 0 radical (unpaired) electrons. The van der Waals surface area contributed by atoms with Crippen molar-refractivity contribution in [1.29, 1.82) is 5.26 Å². The van der Waals surface area contributed by atoms with Crippen LogP contribution in [0.1, 0.15) is 43.6 Å². The minimum Gasteiger partial charge on any atom is -0.452 e. The van der Waals surface area contributed by atoms with Gasteiger partial charge in [-0.15, -0.1) is 11.3 Å². The fourth-order valence-electron chi connectivity index (χ4n) is 3.37. The van der Waals surface area contributed by atoms with E-state index in [4.69, 9.17) is 10.00 Å². The molecule has 2 aromatic carbocycles. The maximum Gasteiger partial charge on any atom is 0.338 e. The first-order chi connectivity index (χ1) is 16.8. The number of nitriles is 1. The maximum atomic E-state index is 12.9. The van der Waals surface area contributed by atoms with Crippen LogP contribution in [0.4, 0.5) is 16.4 Å². The van der Waals surface area contributed by atoms with Gasteiger partial charge in [-0.05, 0) is 53.9 Å². The molecule has 10 nitrogen and oxygen atoms in total. The number of imide groups is 1. The number of thiophene rings is 1. The molecule has 0 saturated carbocycles. The lowest BCUT2D eigenvalue weighted by atomic mass is 10.1. The number of hydrogen-bond acceptors (Lipinski definition) is 8. The predicted octanol–water partition coefficient (Wildman–Crippen LogP) is 3.17. The van der Waals surface area contributed by atoms with Crippen molar-refractivity contribution in [3.8, 4) is 6.07 Å². The molecular formula is C24H16N4O6S. The minimum atomic E-state index is -0.854. The summed E-state index contributed by atoms with van der Waals surface area (Å²) in [5.41, 5.74) is 1.25. The third-order valence-corrected chi connectivity index (χ3v) is 5.77. The van der Waals surface area contributed by atoms with Crippen molar-refractivity contribution in [2.45, 2.75) is 6.92 Å². The molecule has 4 amide bonds. The van der Waals surface area contributed by atoms with Crippen molar-refractivity contribution in [1.82, 2.24) is 0 Å². The Balaban J connectivity index is 1.44. The Labute approximate surface area is 202 Å². The van der Waals surface area contributed by atoms with Crippen LogP contribution in [0.2, 0.25) is 0 Å². The van der Waals surface area contributed by atoms with Gasteiger partial charge in [0.25, 0.3) is 17.7 Å². The first-order valence-corrected chi connectivity index (χ1v) is 11.0. The highest BCUT2D eigenvalue weighted by Gasteiger charge is 2.37. The number of rotatable bonds is 6. The summed E-state index contributed by atoms with van der Waals surface area (Å²) in [7, 11) is 0. The van der Waals surface area contributed by atoms with Gasteiger partial charge in [0.1, 0.15) is 11.1 Å². The van der Waals surface area contributed by atoms with E-state index in [1.807, 2.05) is 6.07 Å². The number of benzene rings is 2. The van der Waals surface area contributed by atoms with Crippen LogP contribution in [0.15, 0.2) is 53.9 Å². The highest BCUT2D eigenvalue weighted by Crippen LogP contribution is 2.30. The van der Waals surface area contributed by atoms with Crippen molar-refractivity contribution in [3.05, 3.63) is 76.2 Å². The molecule has 1 aliphatic rings. The van der Waals surface area contributed by atoms with Crippen LogP contribution in [0.25, 0.3) is 0 Å². The van der Waals surface area contributed by atoms with Crippen molar-refractivity contribution in [2.75, 3.05) is 22.1 Å². The number of nitrogens with one attached hydrogen (secondary N) is 2. The SMILES string of the molecule is CC(=O)Nc1ccc(N2C(=O)c3ccc(C(=O)OCC(=O)Nc4sccc4C#N)cc3C2=O)cc1. The van der Waals surface area contributed by atoms with E-state index in [1.165, 1.54) is 37.3 Å². The summed E-state index contributed by atoms with van der Waals surface area (Å²) in [4.78, 5) is 62.4. The molecule has 0 bridgehead atoms. The van der Waals surface area contributed by atoms with E-state index in [0.29, 0.717) is 21.9 Å². The molecule has 0 unspecified atom stereocenters. The van der Waals surface area contributed by atoms with E-state index in [1.54, 1.807) is 23.6 Å². The number of ether oxygens (including phenoxy) is 1. The van der Waals surface area contributed by atoms with Gasteiger partial charge in [-0.3, -0.25) is 19.2 Å². The van der Waals surface area contributed by atoms with Crippen molar-refractivity contribution < 1.29 is 28.7 Å². The molecule has 0 spiro atoms. The molecule has 3 aromatic rings. The number of hydrogen-bond donors (Lipinski definition) is 2. The third-order valence-electron chi connectivity index (χ3n) is 4.94. The van der Waals surface area contributed by atoms with Gasteiger partial charge in [-0.2, -0.15) is 5.26 Å². The van der Waals surface area contributed by atoms with E-state index in [2.05, 4.69) is 10.6 Å². The monoisotopic (exact) mass is 488 g/mol. The quantitative estimate of drug-likeness (QED) is 0.400. The van der Waals surface area contributed by atoms with Crippen LogP contribution < -0.4 is 15.5 Å². The molecule has 174 valence electrons. The molecule has 0 saturated heterocycles. The van der Waals surface area contributed by atoms with Gasteiger partial charge in [-0.25, -0.2) is 9.69 Å².